The number of ether oxygens (including phenoxy) is 1. The topological polar surface area (TPSA) is 92.8 Å². The van der Waals surface area contributed by atoms with Crippen molar-refractivity contribution in [3.05, 3.63) is 12.2 Å². The van der Waals surface area contributed by atoms with E-state index in [1.54, 1.807) is 46.7 Å². The zero-order valence-corrected chi connectivity index (χ0v) is 24.5. The Balaban J connectivity index is -0.000000439. The van der Waals surface area contributed by atoms with Gasteiger partial charge in [-0.2, -0.15) is 12.6 Å². The Hall–Kier alpha value is -1.30. The van der Waals surface area contributed by atoms with Gasteiger partial charge in [-0.3, -0.25) is 14.5 Å². The number of thiol groups is 1. The summed E-state index contributed by atoms with van der Waals surface area (Å²) in [5, 5.41) is 2.70. The molecule has 1 heterocycles. The minimum absolute atomic E-state index is 0.130. The summed E-state index contributed by atoms with van der Waals surface area (Å²) in [5.74, 6) is 0.751. The fourth-order valence-corrected chi connectivity index (χ4v) is 3.00. The predicted octanol–water partition coefficient (Wildman–Crippen LogP) is 4.88. The molecule has 0 aromatic heterocycles. The normalized spacial score (nSPS) is 12.9. The van der Waals surface area contributed by atoms with Gasteiger partial charge < -0.3 is 14.8 Å². The van der Waals surface area contributed by atoms with E-state index in [1.165, 1.54) is 0 Å². The molecule has 1 aliphatic heterocycles. The van der Waals surface area contributed by atoms with Crippen LogP contribution in [-0.2, 0) is 19.1 Å². The second-order valence-corrected chi connectivity index (χ2v) is 8.45. The molecule has 1 radical (unpaired) electrons. The molecule has 3 amide bonds. The number of nitrogens with one attached hydrogen (secondary N) is 1. The summed E-state index contributed by atoms with van der Waals surface area (Å²) in [6, 6.07) is -0.884. The SMILES string of the molecule is CC.CC.CC.CS.[CH3][Al][C](=O)C(CC(C)(C)NC(=O)OC(C)(C)C)N1C(=O)C=CC1=O. The number of hydrogen-bond acceptors (Lipinski definition) is 6. The maximum absolute atomic E-state index is 12.3. The second-order valence-electron chi connectivity index (χ2n) is 7.30. The van der Waals surface area contributed by atoms with Gasteiger partial charge in [-0.1, -0.05) is 41.5 Å². The Labute approximate surface area is 208 Å². The molecule has 9 heteroatoms. The lowest BCUT2D eigenvalue weighted by atomic mass is 9.95. The molecule has 0 aliphatic carbocycles. The fraction of sp³-hybridized carbons (Fsp3) is 0.739. The smallest absolute Gasteiger partial charge is 0.408 e. The number of rotatable bonds is 6. The minimum Gasteiger partial charge on any atom is -0.444 e. The van der Waals surface area contributed by atoms with Gasteiger partial charge in [0.25, 0.3) is 11.8 Å². The summed E-state index contributed by atoms with van der Waals surface area (Å²) < 4.78 is 5.07. The molecular weight excluding hydrogens is 443 g/mol. The molecule has 0 saturated carbocycles. The molecule has 1 unspecified atom stereocenters. The van der Waals surface area contributed by atoms with Crippen molar-refractivity contribution in [3.8, 4) is 0 Å². The number of carbonyl (C=O) groups excluding carboxylic acids is 4. The largest absolute Gasteiger partial charge is 0.444 e. The van der Waals surface area contributed by atoms with Crippen LogP contribution in [0.2, 0.25) is 5.79 Å². The summed E-state index contributed by atoms with van der Waals surface area (Å²) in [5.41, 5.74) is -1.48. The number of amides is 3. The van der Waals surface area contributed by atoms with Crippen LogP contribution < -0.4 is 5.32 Å². The van der Waals surface area contributed by atoms with E-state index in [2.05, 4.69) is 17.9 Å². The first-order valence-corrected chi connectivity index (χ1v) is 13.8. The molecule has 0 fully saturated rings. The third kappa shape index (κ3) is 16.4. The average Bonchev–Trinajstić information content (AvgIpc) is 3.07. The van der Waals surface area contributed by atoms with Gasteiger partial charge in [-0.25, -0.2) is 4.79 Å². The van der Waals surface area contributed by atoms with Gasteiger partial charge >= 0.3 is 21.3 Å². The standard InChI is InChI=1S/C15H21N2O5.3C2H6.CH4S.CH3.Al/c1-14(2,3)22-13(21)16-15(4,5)8-10(9-18)17-11(19)6-7-12(17)20;4*1-2;;/h6-7,10H,8H2,1-5H3,(H,16,21);3*1-2H3;2H,1H3;1H3;. The molecule has 1 aliphatic rings. The Bertz CT molecular complexity index is 569. The summed E-state index contributed by atoms with van der Waals surface area (Å²) in [6.07, 6.45) is 3.52. The van der Waals surface area contributed by atoms with E-state index in [0.29, 0.717) is 0 Å². The molecule has 7 nitrogen and oxygen atoms in total. The number of carbonyl (C=O) groups is 4. The van der Waals surface area contributed by atoms with Crippen molar-refractivity contribution in [1.29, 1.82) is 0 Å². The van der Waals surface area contributed by atoms with E-state index < -0.39 is 50.3 Å². The Morgan fingerprint density at radius 2 is 1.34 bits per heavy atom. The third-order valence-corrected chi connectivity index (χ3v) is 4.26. The number of hydrogen-bond donors (Lipinski definition) is 2. The number of alkyl carbamates (subject to hydrolysis) is 1. The molecule has 1 atom stereocenters. The molecule has 0 spiro atoms. The van der Waals surface area contributed by atoms with Gasteiger partial charge in [-0.05, 0) is 47.3 Å². The van der Waals surface area contributed by atoms with Crippen LogP contribution in [0.3, 0.4) is 0 Å². The van der Waals surface area contributed by atoms with Gasteiger partial charge in [0, 0.05) is 17.7 Å². The van der Waals surface area contributed by atoms with Crippen LogP contribution in [0.1, 0.15) is 82.6 Å². The average molecular weight is 490 g/mol. The van der Waals surface area contributed by atoms with Gasteiger partial charge in [-0.15, -0.1) is 5.79 Å². The van der Waals surface area contributed by atoms with E-state index in [1.807, 2.05) is 41.5 Å². The van der Waals surface area contributed by atoms with Gasteiger partial charge in [0.2, 0.25) is 0 Å². The van der Waals surface area contributed by atoms with Crippen molar-refractivity contribution >= 4 is 50.4 Å². The second kappa shape index (κ2) is 20.3. The Morgan fingerprint density at radius 1 is 0.969 bits per heavy atom. The van der Waals surface area contributed by atoms with Crippen LogP contribution in [0.4, 0.5) is 4.79 Å². The summed E-state index contributed by atoms with van der Waals surface area (Å²) in [7, 11) is 0. The lowest BCUT2D eigenvalue weighted by Gasteiger charge is -2.34. The maximum Gasteiger partial charge on any atom is 0.408 e. The van der Waals surface area contributed by atoms with Crippen LogP contribution in [0.5, 0.6) is 0 Å². The maximum atomic E-state index is 12.3. The van der Waals surface area contributed by atoms with E-state index in [0.717, 1.165) is 17.1 Å². The third-order valence-electron chi connectivity index (χ3n) is 3.31. The molecule has 0 aromatic carbocycles. The van der Waals surface area contributed by atoms with Gasteiger partial charge in [0.1, 0.15) is 5.60 Å². The Kier molecular flexibility index (Phi) is 24.1. The van der Waals surface area contributed by atoms with Crippen LogP contribution in [0.15, 0.2) is 12.2 Å². The number of nitrogens with zero attached hydrogens (tertiary/aromatic N) is 1. The monoisotopic (exact) mass is 489 g/mol. The zero-order valence-electron chi connectivity index (χ0n) is 22.5. The van der Waals surface area contributed by atoms with E-state index in [9.17, 15) is 19.2 Å². The van der Waals surface area contributed by atoms with Crippen molar-refractivity contribution in [2.24, 2.45) is 0 Å². The molecule has 1 rings (SSSR count). The predicted molar refractivity (Wildman–Crippen MR) is 138 cm³/mol. The first-order valence-electron chi connectivity index (χ1n) is 11.2. The van der Waals surface area contributed by atoms with E-state index >= 15 is 0 Å². The number of imide groups is 1. The van der Waals surface area contributed by atoms with Crippen LogP contribution in [-0.4, -0.2) is 66.1 Å². The van der Waals surface area contributed by atoms with Gasteiger partial charge in [0.05, 0.1) is 10.7 Å². The zero-order chi connectivity index (χ0) is 26.7. The van der Waals surface area contributed by atoms with Crippen LogP contribution >= 0.6 is 12.6 Å². The van der Waals surface area contributed by atoms with Crippen molar-refractivity contribution in [2.75, 3.05) is 6.26 Å². The van der Waals surface area contributed by atoms with Crippen molar-refractivity contribution in [2.45, 2.75) is 106 Å². The van der Waals surface area contributed by atoms with Crippen LogP contribution in [0, 0.1) is 0 Å². The molecule has 187 valence electrons. The molecule has 0 saturated heterocycles. The fourth-order valence-electron chi connectivity index (χ4n) is 2.34. The lowest BCUT2D eigenvalue weighted by molar-refractivity contribution is -0.143. The summed E-state index contributed by atoms with van der Waals surface area (Å²) >= 11 is 2.96. The molecule has 32 heavy (non-hydrogen) atoms. The quantitative estimate of drug-likeness (QED) is 0.315. The highest BCUT2D eigenvalue weighted by atomic mass is 32.1. The highest BCUT2D eigenvalue weighted by molar-refractivity contribution is 7.79. The van der Waals surface area contributed by atoms with Gasteiger partial charge in [0.15, 0.2) is 0 Å². The summed E-state index contributed by atoms with van der Waals surface area (Å²) in [6.45, 7) is 20.7. The highest BCUT2D eigenvalue weighted by Crippen LogP contribution is 2.21. The van der Waals surface area contributed by atoms with E-state index in [4.69, 9.17) is 4.74 Å². The van der Waals surface area contributed by atoms with Crippen LogP contribution in [0.25, 0.3) is 0 Å². The first-order chi connectivity index (χ1) is 14.9. The Morgan fingerprint density at radius 3 is 1.66 bits per heavy atom. The molecule has 1 N–H and O–H groups in total. The minimum atomic E-state index is -0.884. The van der Waals surface area contributed by atoms with Crippen molar-refractivity contribution < 1.29 is 23.9 Å². The lowest BCUT2D eigenvalue weighted by Crippen LogP contribution is -2.54. The van der Waals surface area contributed by atoms with Crippen molar-refractivity contribution in [3.63, 3.8) is 0 Å². The highest BCUT2D eigenvalue weighted by Gasteiger charge is 2.38. The molecular formula is C23H46AlN2O5S. The van der Waals surface area contributed by atoms with E-state index in [-0.39, 0.29) is 11.1 Å². The first kappa shape index (κ1) is 38.0. The van der Waals surface area contributed by atoms with Crippen molar-refractivity contribution in [1.82, 2.24) is 10.2 Å². The molecule has 0 aromatic rings. The molecule has 0 bridgehead atoms. The summed E-state index contributed by atoms with van der Waals surface area (Å²) in [4.78, 5) is 49.1.